The standard InChI is InChI=1S/C31H36ClN3O5S/c1-7-11-23-27(30(37)40-10-4)28(22-17-20(32)13-15-24(22)38-5)35-29(36)26(41-31(35)33-23)16-19-12-14-21(18-25(19)39-6)34(8-2)9-3/h12-18,28H,7-11H2,1-6H3/b26-16+/t28-/m1/s1. The maximum atomic E-state index is 14.1. The molecule has 0 amide bonds. The normalized spacial score (nSPS) is 14.9. The van der Waals surface area contributed by atoms with E-state index < -0.39 is 12.0 Å². The number of allylic oxidation sites excluding steroid dienone is 1. The third-order valence-corrected chi connectivity index (χ3v) is 8.23. The highest BCUT2D eigenvalue weighted by Gasteiger charge is 2.36. The molecule has 3 aromatic rings. The number of rotatable bonds is 11. The summed E-state index contributed by atoms with van der Waals surface area (Å²) in [5.74, 6) is 0.643. The fourth-order valence-corrected chi connectivity index (χ4v) is 6.27. The number of hydrogen-bond acceptors (Lipinski definition) is 8. The molecule has 2 aromatic carbocycles. The minimum atomic E-state index is -0.824. The van der Waals surface area contributed by atoms with E-state index in [1.165, 1.54) is 11.3 Å². The van der Waals surface area contributed by atoms with Gasteiger partial charge in [-0.2, -0.15) is 0 Å². The molecule has 1 aliphatic heterocycles. The van der Waals surface area contributed by atoms with Crippen molar-refractivity contribution in [2.45, 2.75) is 46.6 Å². The maximum Gasteiger partial charge on any atom is 0.338 e. The van der Waals surface area contributed by atoms with E-state index in [9.17, 15) is 9.59 Å². The number of benzene rings is 2. The van der Waals surface area contributed by atoms with Crippen LogP contribution in [0, 0.1) is 0 Å². The van der Waals surface area contributed by atoms with Gasteiger partial charge in [-0.25, -0.2) is 9.79 Å². The Labute approximate surface area is 249 Å². The van der Waals surface area contributed by atoms with Crippen molar-refractivity contribution in [3.63, 3.8) is 0 Å². The minimum Gasteiger partial charge on any atom is -0.496 e. The molecule has 0 bridgehead atoms. The van der Waals surface area contributed by atoms with Crippen LogP contribution >= 0.6 is 22.9 Å². The summed E-state index contributed by atoms with van der Waals surface area (Å²) < 4.78 is 18.9. The third-order valence-electron chi connectivity index (χ3n) is 7.01. The molecule has 2 heterocycles. The van der Waals surface area contributed by atoms with Crippen molar-refractivity contribution in [1.82, 2.24) is 4.57 Å². The second-order valence-corrected chi connectivity index (χ2v) is 10.8. The summed E-state index contributed by atoms with van der Waals surface area (Å²) >= 11 is 7.70. The predicted octanol–water partition coefficient (Wildman–Crippen LogP) is 5.10. The van der Waals surface area contributed by atoms with E-state index >= 15 is 0 Å². The van der Waals surface area contributed by atoms with Gasteiger partial charge in [0, 0.05) is 41.0 Å². The molecule has 4 rings (SSSR count). The number of hydrogen-bond donors (Lipinski definition) is 0. The van der Waals surface area contributed by atoms with Gasteiger partial charge in [0.1, 0.15) is 17.5 Å². The first kappa shape index (κ1) is 30.4. The lowest BCUT2D eigenvalue weighted by Crippen LogP contribution is -2.40. The van der Waals surface area contributed by atoms with Crippen molar-refractivity contribution in [1.29, 1.82) is 0 Å². The van der Waals surface area contributed by atoms with E-state index in [1.54, 1.807) is 43.9 Å². The monoisotopic (exact) mass is 597 g/mol. The van der Waals surface area contributed by atoms with Gasteiger partial charge in [0.25, 0.3) is 5.56 Å². The SMILES string of the molecule is CCCC1=C(C(=O)OCC)[C@@H](c2cc(Cl)ccc2OC)n2c(s/c(=C/c3ccc(N(CC)CC)cc3OC)c2=O)=N1. The summed E-state index contributed by atoms with van der Waals surface area (Å²) in [5.41, 5.74) is 3.01. The topological polar surface area (TPSA) is 82.4 Å². The number of esters is 1. The van der Waals surface area contributed by atoms with Crippen molar-refractivity contribution >= 4 is 40.7 Å². The zero-order chi connectivity index (χ0) is 29.7. The number of ether oxygens (including phenoxy) is 3. The minimum absolute atomic E-state index is 0.189. The molecule has 0 saturated carbocycles. The molecule has 218 valence electrons. The Morgan fingerprint density at radius 3 is 2.44 bits per heavy atom. The summed E-state index contributed by atoms with van der Waals surface area (Å²) in [7, 11) is 3.17. The smallest absolute Gasteiger partial charge is 0.338 e. The van der Waals surface area contributed by atoms with Crippen LogP contribution in [-0.4, -0.2) is 44.5 Å². The molecule has 10 heteroatoms. The molecule has 0 radical (unpaired) electrons. The number of aromatic nitrogens is 1. The van der Waals surface area contributed by atoms with E-state index in [1.807, 2.05) is 31.2 Å². The summed E-state index contributed by atoms with van der Waals surface area (Å²) in [6, 6.07) is 10.3. The van der Waals surface area contributed by atoms with Gasteiger partial charge in [0.05, 0.1) is 36.6 Å². The average molecular weight is 598 g/mol. The zero-order valence-corrected chi connectivity index (χ0v) is 25.9. The summed E-state index contributed by atoms with van der Waals surface area (Å²) in [6.07, 6.45) is 3.11. The largest absolute Gasteiger partial charge is 0.496 e. The second-order valence-electron chi connectivity index (χ2n) is 9.40. The molecule has 0 N–H and O–H groups in total. The van der Waals surface area contributed by atoms with Crippen LogP contribution in [0.15, 0.2) is 57.5 Å². The van der Waals surface area contributed by atoms with E-state index in [0.717, 1.165) is 30.8 Å². The van der Waals surface area contributed by atoms with Crippen LogP contribution < -0.4 is 29.3 Å². The first-order valence-corrected chi connectivity index (χ1v) is 15.0. The van der Waals surface area contributed by atoms with Crippen LogP contribution in [0.3, 0.4) is 0 Å². The van der Waals surface area contributed by atoms with Crippen LogP contribution in [0.5, 0.6) is 11.5 Å². The Morgan fingerprint density at radius 1 is 1.07 bits per heavy atom. The van der Waals surface area contributed by atoms with Gasteiger partial charge in [-0.3, -0.25) is 9.36 Å². The van der Waals surface area contributed by atoms with E-state index in [-0.39, 0.29) is 12.2 Å². The van der Waals surface area contributed by atoms with Crippen molar-refractivity contribution in [2.24, 2.45) is 4.99 Å². The first-order valence-electron chi connectivity index (χ1n) is 13.8. The van der Waals surface area contributed by atoms with Crippen LogP contribution in [0.2, 0.25) is 5.02 Å². The number of carbonyl (C=O) groups is 1. The molecular weight excluding hydrogens is 562 g/mol. The lowest BCUT2D eigenvalue weighted by Gasteiger charge is -2.27. The number of methoxy groups -OCH3 is 2. The predicted molar refractivity (Wildman–Crippen MR) is 164 cm³/mol. The molecule has 1 aromatic heterocycles. The third kappa shape index (κ3) is 6.06. The number of anilines is 1. The molecule has 0 aliphatic carbocycles. The van der Waals surface area contributed by atoms with Gasteiger partial charge in [0.2, 0.25) is 0 Å². The average Bonchev–Trinajstić information content (AvgIpc) is 3.28. The van der Waals surface area contributed by atoms with E-state index in [2.05, 4.69) is 18.7 Å². The molecular formula is C31H36ClN3O5S. The molecule has 41 heavy (non-hydrogen) atoms. The van der Waals surface area contributed by atoms with Gasteiger partial charge < -0.3 is 19.1 Å². The van der Waals surface area contributed by atoms with E-state index in [4.69, 9.17) is 30.8 Å². The van der Waals surface area contributed by atoms with Crippen molar-refractivity contribution in [2.75, 3.05) is 38.8 Å². The maximum absolute atomic E-state index is 14.1. The van der Waals surface area contributed by atoms with Crippen molar-refractivity contribution in [3.8, 4) is 11.5 Å². The van der Waals surface area contributed by atoms with E-state index in [0.29, 0.717) is 49.1 Å². The number of halogens is 1. The highest BCUT2D eigenvalue weighted by atomic mass is 35.5. The Morgan fingerprint density at radius 2 is 1.80 bits per heavy atom. The van der Waals surface area contributed by atoms with Gasteiger partial charge in [-0.1, -0.05) is 36.3 Å². The molecule has 1 atom stereocenters. The molecule has 1 aliphatic rings. The highest BCUT2D eigenvalue weighted by molar-refractivity contribution is 7.07. The van der Waals surface area contributed by atoms with Gasteiger partial charge in [-0.05, 0) is 63.6 Å². The summed E-state index contributed by atoms with van der Waals surface area (Å²) in [5, 5.41) is 0.457. The Bertz CT molecular complexity index is 1640. The van der Waals surface area contributed by atoms with Crippen LogP contribution in [0.4, 0.5) is 5.69 Å². The Hall–Kier alpha value is -3.56. The van der Waals surface area contributed by atoms with Crippen LogP contribution in [0.25, 0.3) is 6.08 Å². The summed E-state index contributed by atoms with van der Waals surface area (Å²) in [4.78, 5) is 35.1. The fourth-order valence-electron chi connectivity index (χ4n) is 5.08. The van der Waals surface area contributed by atoms with Gasteiger partial charge >= 0.3 is 5.97 Å². The summed E-state index contributed by atoms with van der Waals surface area (Å²) in [6.45, 7) is 9.90. The number of fused-ring (bicyclic) bond motifs is 1. The van der Waals surface area contributed by atoms with Gasteiger partial charge in [0.15, 0.2) is 4.80 Å². The van der Waals surface area contributed by atoms with Crippen molar-refractivity contribution in [3.05, 3.63) is 83.5 Å². The van der Waals surface area contributed by atoms with Crippen LogP contribution in [0.1, 0.15) is 57.7 Å². The quantitative estimate of drug-likeness (QED) is 0.286. The lowest BCUT2D eigenvalue weighted by atomic mass is 9.93. The highest BCUT2D eigenvalue weighted by Crippen LogP contribution is 2.38. The van der Waals surface area contributed by atoms with Gasteiger partial charge in [-0.15, -0.1) is 0 Å². The zero-order valence-electron chi connectivity index (χ0n) is 24.3. The molecule has 8 nitrogen and oxygen atoms in total. The Balaban J connectivity index is 2.00. The Kier molecular flexibility index (Phi) is 9.94. The molecule has 0 saturated heterocycles. The number of carbonyl (C=O) groups excluding carboxylic acids is 1. The molecule has 0 spiro atoms. The second kappa shape index (κ2) is 13.4. The fraction of sp³-hybridized carbons (Fsp3) is 0.387. The number of nitrogens with zero attached hydrogens (tertiary/aromatic N) is 3. The number of thiazole rings is 1. The van der Waals surface area contributed by atoms with Crippen LogP contribution in [-0.2, 0) is 9.53 Å². The molecule has 0 unspecified atom stereocenters. The lowest BCUT2D eigenvalue weighted by molar-refractivity contribution is -0.139. The van der Waals surface area contributed by atoms with Crippen molar-refractivity contribution < 1.29 is 19.0 Å². The molecule has 0 fully saturated rings. The first-order chi connectivity index (χ1) is 19.8.